The third-order valence-electron chi connectivity index (χ3n) is 3.07. The molecule has 4 heteroatoms. The monoisotopic (exact) mass is 276 g/mol. The highest BCUT2D eigenvalue weighted by Crippen LogP contribution is 2.23. The van der Waals surface area contributed by atoms with E-state index in [9.17, 15) is 4.79 Å². The highest BCUT2D eigenvalue weighted by Gasteiger charge is 2.08. The quantitative estimate of drug-likeness (QED) is 0.842. The van der Waals surface area contributed by atoms with Gasteiger partial charge in [0, 0.05) is 13.5 Å². The molecule has 3 nitrogen and oxygen atoms in total. The third-order valence-corrected chi connectivity index (χ3v) is 4.11. The number of thiazole rings is 1. The number of aryl methyl sites for hydroxylation is 1. The Kier molecular flexibility index (Phi) is 4.20. The Hall–Kier alpha value is -1.42. The standard InChI is InChI=1S/C15H20N2OS/c1-5-8-17-13-7-6-12(10(2)3)9-14(13)19-15(17)16-11(4)18/h6-7,9-10H,5,8H2,1-4H3. The van der Waals surface area contributed by atoms with Crippen molar-refractivity contribution in [2.75, 3.05) is 0 Å². The molecular weight excluding hydrogens is 256 g/mol. The Labute approximate surface area is 117 Å². The average Bonchev–Trinajstić information content (AvgIpc) is 2.66. The van der Waals surface area contributed by atoms with E-state index in [4.69, 9.17) is 0 Å². The van der Waals surface area contributed by atoms with Crippen LogP contribution in [0.25, 0.3) is 10.2 Å². The van der Waals surface area contributed by atoms with E-state index in [0.717, 1.165) is 17.8 Å². The Morgan fingerprint density at radius 2 is 2.16 bits per heavy atom. The predicted molar refractivity (Wildman–Crippen MR) is 80.4 cm³/mol. The van der Waals surface area contributed by atoms with Gasteiger partial charge in [-0.05, 0) is 30.0 Å². The van der Waals surface area contributed by atoms with Crippen molar-refractivity contribution in [3.05, 3.63) is 28.6 Å². The maximum atomic E-state index is 11.2. The Morgan fingerprint density at radius 3 is 2.74 bits per heavy atom. The second kappa shape index (κ2) is 5.70. The average molecular weight is 276 g/mol. The zero-order chi connectivity index (χ0) is 14.0. The van der Waals surface area contributed by atoms with Crippen molar-refractivity contribution < 1.29 is 4.79 Å². The van der Waals surface area contributed by atoms with Gasteiger partial charge in [-0.1, -0.05) is 38.2 Å². The lowest BCUT2D eigenvalue weighted by atomic mass is 10.0. The molecule has 1 amide bonds. The lowest BCUT2D eigenvalue weighted by Crippen LogP contribution is -2.15. The molecular formula is C15H20N2OS. The van der Waals surface area contributed by atoms with Crippen LogP contribution in [0.3, 0.4) is 0 Å². The highest BCUT2D eigenvalue weighted by molar-refractivity contribution is 7.16. The number of hydrogen-bond acceptors (Lipinski definition) is 2. The van der Waals surface area contributed by atoms with Crippen molar-refractivity contribution in [2.45, 2.75) is 46.6 Å². The van der Waals surface area contributed by atoms with E-state index in [0.29, 0.717) is 5.92 Å². The molecule has 0 saturated heterocycles. The van der Waals surface area contributed by atoms with E-state index in [-0.39, 0.29) is 5.91 Å². The van der Waals surface area contributed by atoms with Crippen molar-refractivity contribution in [2.24, 2.45) is 4.99 Å². The molecule has 0 unspecified atom stereocenters. The molecule has 0 aliphatic rings. The minimum Gasteiger partial charge on any atom is -0.316 e. The number of amides is 1. The summed E-state index contributed by atoms with van der Waals surface area (Å²) in [5.41, 5.74) is 2.50. The zero-order valence-electron chi connectivity index (χ0n) is 11.9. The van der Waals surface area contributed by atoms with Crippen LogP contribution in [0.2, 0.25) is 0 Å². The first-order chi connectivity index (χ1) is 9.02. The van der Waals surface area contributed by atoms with Gasteiger partial charge in [-0.2, -0.15) is 4.99 Å². The molecule has 0 aliphatic heterocycles. The molecule has 2 rings (SSSR count). The fourth-order valence-electron chi connectivity index (χ4n) is 2.11. The van der Waals surface area contributed by atoms with E-state index < -0.39 is 0 Å². The van der Waals surface area contributed by atoms with Crippen LogP contribution in [0, 0.1) is 0 Å². The largest absolute Gasteiger partial charge is 0.316 e. The molecule has 0 radical (unpaired) electrons. The zero-order valence-corrected chi connectivity index (χ0v) is 12.8. The van der Waals surface area contributed by atoms with Crippen LogP contribution in [0.4, 0.5) is 0 Å². The fourth-order valence-corrected chi connectivity index (χ4v) is 3.26. The number of nitrogens with zero attached hydrogens (tertiary/aromatic N) is 2. The summed E-state index contributed by atoms with van der Waals surface area (Å²) in [7, 11) is 0. The molecule has 0 atom stereocenters. The maximum absolute atomic E-state index is 11.2. The summed E-state index contributed by atoms with van der Waals surface area (Å²) in [6.07, 6.45) is 1.03. The predicted octanol–water partition coefficient (Wildman–Crippen LogP) is 3.68. The number of rotatable bonds is 3. The van der Waals surface area contributed by atoms with Crippen LogP contribution in [0.5, 0.6) is 0 Å². The highest BCUT2D eigenvalue weighted by atomic mass is 32.1. The molecule has 0 aliphatic carbocycles. The molecule has 1 heterocycles. The number of benzene rings is 1. The van der Waals surface area contributed by atoms with Crippen LogP contribution in [0.1, 0.15) is 45.6 Å². The molecule has 0 fully saturated rings. The van der Waals surface area contributed by atoms with Crippen molar-refractivity contribution >= 4 is 27.5 Å². The van der Waals surface area contributed by atoms with Crippen LogP contribution in [-0.4, -0.2) is 10.5 Å². The summed E-state index contributed by atoms with van der Waals surface area (Å²) in [4.78, 5) is 16.2. The summed E-state index contributed by atoms with van der Waals surface area (Å²) < 4.78 is 3.35. The molecule has 1 aromatic carbocycles. The van der Waals surface area contributed by atoms with Gasteiger partial charge in [0.15, 0.2) is 4.80 Å². The van der Waals surface area contributed by atoms with Crippen LogP contribution >= 0.6 is 11.3 Å². The fraction of sp³-hybridized carbons (Fsp3) is 0.467. The Bertz CT molecular complexity index is 664. The van der Waals surface area contributed by atoms with Gasteiger partial charge in [0.1, 0.15) is 0 Å². The lowest BCUT2D eigenvalue weighted by molar-refractivity contribution is -0.116. The lowest BCUT2D eigenvalue weighted by Gasteiger charge is -2.06. The van der Waals surface area contributed by atoms with E-state index in [1.165, 1.54) is 22.7 Å². The summed E-state index contributed by atoms with van der Waals surface area (Å²) in [6, 6.07) is 6.54. The minimum absolute atomic E-state index is 0.138. The van der Waals surface area contributed by atoms with Gasteiger partial charge in [-0.3, -0.25) is 4.79 Å². The second-order valence-electron chi connectivity index (χ2n) is 5.05. The number of aromatic nitrogens is 1. The van der Waals surface area contributed by atoms with E-state index in [1.807, 2.05) is 0 Å². The topological polar surface area (TPSA) is 34.4 Å². The molecule has 0 bridgehead atoms. The first kappa shape index (κ1) is 14.0. The number of carbonyl (C=O) groups excluding carboxylic acids is 1. The first-order valence-electron chi connectivity index (χ1n) is 6.71. The molecule has 0 spiro atoms. The van der Waals surface area contributed by atoms with Gasteiger partial charge in [0.2, 0.25) is 5.91 Å². The van der Waals surface area contributed by atoms with Gasteiger partial charge >= 0.3 is 0 Å². The summed E-state index contributed by atoms with van der Waals surface area (Å²) in [5, 5.41) is 0. The van der Waals surface area contributed by atoms with Crippen molar-refractivity contribution in [3.8, 4) is 0 Å². The summed E-state index contributed by atoms with van der Waals surface area (Å²) in [5.74, 6) is 0.375. The number of fused-ring (bicyclic) bond motifs is 1. The molecule has 19 heavy (non-hydrogen) atoms. The van der Waals surface area contributed by atoms with Crippen molar-refractivity contribution in [3.63, 3.8) is 0 Å². The van der Waals surface area contributed by atoms with Gasteiger partial charge < -0.3 is 4.57 Å². The minimum atomic E-state index is -0.138. The van der Waals surface area contributed by atoms with Crippen LogP contribution in [0.15, 0.2) is 23.2 Å². The molecule has 102 valence electrons. The van der Waals surface area contributed by atoms with Gasteiger partial charge in [-0.15, -0.1) is 0 Å². The molecule has 0 saturated carbocycles. The van der Waals surface area contributed by atoms with Gasteiger partial charge in [-0.25, -0.2) is 0 Å². The first-order valence-corrected chi connectivity index (χ1v) is 7.53. The smallest absolute Gasteiger partial charge is 0.245 e. The SMILES string of the molecule is CCCn1c(=NC(C)=O)sc2cc(C(C)C)ccc21. The van der Waals surface area contributed by atoms with Crippen molar-refractivity contribution in [1.29, 1.82) is 0 Å². The van der Waals surface area contributed by atoms with Crippen LogP contribution in [-0.2, 0) is 11.3 Å². The van der Waals surface area contributed by atoms with Gasteiger partial charge in [0.05, 0.1) is 10.2 Å². The summed E-state index contributed by atoms with van der Waals surface area (Å²) in [6.45, 7) is 8.91. The molecule has 0 N–H and O–H groups in total. The normalized spacial score (nSPS) is 12.6. The Morgan fingerprint density at radius 1 is 1.42 bits per heavy atom. The van der Waals surface area contributed by atoms with Crippen LogP contribution < -0.4 is 4.80 Å². The van der Waals surface area contributed by atoms with Gasteiger partial charge in [0.25, 0.3) is 0 Å². The number of carbonyl (C=O) groups is 1. The maximum Gasteiger partial charge on any atom is 0.245 e. The molecule has 1 aromatic heterocycles. The third kappa shape index (κ3) is 2.95. The Balaban J connectivity index is 2.69. The van der Waals surface area contributed by atoms with E-state index >= 15 is 0 Å². The van der Waals surface area contributed by atoms with E-state index in [1.54, 1.807) is 11.3 Å². The van der Waals surface area contributed by atoms with E-state index in [2.05, 4.69) is 48.5 Å². The second-order valence-corrected chi connectivity index (χ2v) is 6.06. The summed E-state index contributed by atoms with van der Waals surface area (Å²) >= 11 is 1.60. The van der Waals surface area contributed by atoms with Crippen molar-refractivity contribution in [1.82, 2.24) is 4.57 Å². The number of hydrogen-bond donors (Lipinski definition) is 0. The molecule has 2 aromatic rings.